The molecule has 4 nitrogen and oxygen atoms in total. The first-order valence-corrected chi connectivity index (χ1v) is 9.72. The smallest absolute Gasteiger partial charge is 0.243 e. The highest BCUT2D eigenvalue weighted by molar-refractivity contribution is 5.57. The van der Waals surface area contributed by atoms with Crippen LogP contribution in [0, 0.1) is 0 Å². The minimum atomic E-state index is 0.597. The molecule has 0 atom stereocenters. The topological polar surface area (TPSA) is 50.7 Å². The lowest BCUT2D eigenvalue weighted by Crippen LogP contribution is -2.06. The van der Waals surface area contributed by atoms with Gasteiger partial charge in [0.2, 0.25) is 5.95 Å². The van der Waals surface area contributed by atoms with Crippen molar-refractivity contribution in [2.45, 2.75) is 51.9 Å². The van der Waals surface area contributed by atoms with E-state index in [1.165, 1.54) is 38.5 Å². The first-order valence-electron chi connectivity index (χ1n) is 9.72. The van der Waals surface area contributed by atoms with Crippen molar-refractivity contribution in [3.05, 3.63) is 60.8 Å². The van der Waals surface area contributed by atoms with Crippen LogP contribution in [0.3, 0.4) is 0 Å². The van der Waals surface area contributed by atoms with E-state index in [0.717, 1.165) is 24.2 Å². The van der Waals surface area contributed by atoms with Crippen LogP contribution in [0.5, 0.6) is 0 Å². The van der Waals surface area contributed by atoms with Crippen LogP contribution >= 0.6 is 0 Å². The van der Waals surface area contributed by atoms with Gasteiger partial charge in [-0.05, 0) is 6.42 Å². The average molecular weight is 351 g/mol. The van der Waals surface area contributed by atoms with Crippen LogP contribution in [0.15, 0.2) is 60.8 Å². The van der Waals surface area contributed by atoms with Gasteiger partial charge in [-0.25, -0.2) is 4.98 Å². The summed E-state index contributed by atoms with van der Waals surface area (Å²) < 4.78 is 0. The van der Waals surface area contributed by atoms with E-state index in [2.05, 4.69) is 27.4 Å². The summed E-state index contributed by atoms with van der Waals surface area (Å²) in [4.78, 5) is 4.60. The Bertz CT molecular complexity index is 661. The molecule has 0 spiro atoms. The molecule has 1 N–H and O–H groups in total. The normalized spacial score (nSPS) is 10.2. The molecule has 0 unspecified atom stereocenters. The number of hydrogen-bond acceptors (Lipinski definition) is 4. The first-order chi connectivity index (χ1) is 12.9. The summed E-state index contributed by atoms with van der Waals surface area (Å²) in [5.74, 6) is 0.597. The zero-order valence-corrected chi connectivity index (χ0v) is 15.8. The molecule has 0 aliphatic rings. The molecule has 26 heavy (non-hydrogen) atoms. The van der Waals surface area contributed by atoms with Crippen molar-refractivity contribution in [2.75, 3.05) is 11.9 Å². The van der Waals surface area contributed by atoms with Gasteiger partial charge in [-0.15, -0.1) is 5.10 Å². The second kappa shape index (κ2) is 12.8. The Labute approximate surface area is 157 Å². The molecule has 0 fully saturated rings. The first kappa shape index (κ1) is 19.8. The van der Waals surface area contributed by atoms with Crippen molar-refractivity contribution < 1.29 is 0 Å². The number of hydrogen-bond donors (Lipinski definition) is 1. The van der Waals surface area contributed by atoms with E-state index in [1.54, 1.807) is 6.20 Å². The van der Waals surface area contributed by atoms with Gasteiger partial charge in [-0.3, -0.25) is 0 Å². The Morgan fingerprint density at radius 1 is 0.769 bits per heavy atom. The zero-order valence-electron chi connectivity index (χ0n) is 15.8. The third-order valence-corrected chi connectivity index (χ3v) is 4.14. The van der Waals surface area contributed by atoms with Gasteiger partial charge in [0.05, 0.1) is 11.9 Å². The minimum Gasteiger partial charge on any atom is -0.353 e. The van der Waals surface area contributed by atoms with E-state index in [4.69, 9.17) is 0 Å². The molecule has 1 heterocycles. The fourth-order valence-corrected chi connectivity index (χ4v) is 2.67. The molecular formula is C22H30N4. The number of nitrogens with one attached hydrogen (secondary N) is 1. The Morgan fingerprint density at radius 2 is 1.38 bits per heavy atom. The van der Waals surface area contributed by atoms with Crippen LogP contribution in [0.4, 0.5) is 5.95 Å². The lowest BCUT2D eigenvalue weighted by atomic mass is 10.1. The van der Waals surface area contributed by atoms with Crippen molar-refractivity contribution in [3.8, 4) is 11.3 Å². The Morgan fingerprint density at radius 3 is 2.08 bits per heavy atom. The predicted octanol–water partition coefficient (Wildman–Crippen LogP) is 5.83. The Kier molecular flexibility index (Phi) is 9.77. The van der Waals surface area contributed by atoms with Gasteiger partial charge >= 0.3 is 0 Å². The summed E-state index contributed by atoms with van der Waals surface area (Å²) in [5.41, 5.74) is 1.83. The molecule has 0 saturated carbocycles. The summed E-state index contributed by atoms with van der Waals surface area (Å²) in [5, 5.41) is 11.5. The predicted molar refractivity (Wildman–Crippen MR) is 109 cm³/mol. The third kappa shape index (κ3) is 8.06. The Balaban J connectivity index is 1.88. The maximum atomic E-state index is 4.60. The second-order valence-corrected chi connectivity index (χ2v) is 6.35. The van der Waals surface area contributed by atoms with Crippen LogP contribution in [0.25, 0.3) is 11.3 Å². The molecular weight excluding hydrogens is 320 g/mol. The maximum Gasteiger partial charge on any atom is 0.243 e. The molecule has 0 radical (unpaired) electrons. The monoisotopic (exact) mass is 350 g/mol. The SMILES string of the molecule is CCCCCCCCCNc1nncc(-c2ccccccccc2)n1. The fraction of sp³-hybridized carbons (Fsp3) is 0.409. The third-order valence-electron chi connectivity index (χ3n) is 4.14. The molecule has 1 aromatic heterocycles. The van der Waals surface area contributed by atoms with Crippen LogP contribution in [-0.4, -0.2) is 21.7 Å². The van der Waals surface area contributed by atoms with Gasteiger partial charge in [0.1, 0.15) is 0 Å². The molecule has 1 aromatic carbocycles. The standard InChI is InChI=1S/C22H30N4/c1-2-3-4-5-9-12-15-18-23-22-25-21(19-24-26-22)20-16-13-10-7-6-8-11-14-17-20/h6-8,10-11,13-14,16-17,19H,2-5,9,12,15,18H2,1H3,(H,23,25,26). The van der Waals surface area contributed by atoms with Crippen molar-refractivity contribution >= 4 is 5.95 Å². The van der Waals surface area contributed by atoms with Crippen LogP contribution < -0.4 is 5.32 Å². The summed E-state index contributed by atoms with van der Waals surface area (Å²) >= 11 is 0. The lowest BCUT2D eigenvalue weighted by Gasteiger charge is -2.05. The quantitative estimate of drug-likeness (QED) is 0.548. The van der Waals surface area contributed by atoms with Gasteiger partial charge in [0.25, 0.3) is 0 Å². The molecule has 0 saturated heterocycles. The van der Waals surface area contributed by atoms with Crippen LogP contribution in [-0.2, 0) is 0 Å². The molecule has 2 rings (SSSR count). The van der Waals surface area contributed by atoms with Gasteiger partial charge in [-0.1, -0.05) is 100 Å². The molecule has 138 valence electrons. The maximum absolute atomic E-state index is 4.60. The van der Waals surface area contributed by atoms with E-state index in [-0.39, 0.29) is 0 Å². The van der Waals surface area contributed by atoms with Crippen molar-refractivity contribution in [1.29, 1.82) is 0 Å². The van der Waals surface area contributed by atoms with E-state index in [1.807, 2.05) is 54.6 Å². The van der Waals surface area contributed by atoms with E-state index in [0.29, 0.717) is 5.95 Å². The van der Waals surface area contributed by atoms with Crippen molar-refractivity contribution in [2.24, 2.45) is 0 Å². The summed E-state index contributed by atoms with van der Waals surface area (Å²) in [6, 6.07) is 18.1. The second-order valence-electron chi connectivity index (χ2n) is 6.35. The highest BCUT2D eigenvalue weighted by atomic mass is 15.2. The van der Waals surface area contributed by atoms with Crippen LogP contribution in [0.2, 0.25) is 0 Å². The van der Waals surface area contributed by atoms with Crippen molar-refractivity contribution in [1.82, 2.24) is 15.2 Å². The molecule has 2 aromatic rings. The number of rotatable bonds is 10. The van der Waals surface area contributed by atoms with Gasteiger partial charge in [0.15, 0.2) is 0 Å². The largest absolute Gasteiger partial charge is 0.353 e. The lowest BCUT2D eigenvalue weighted by molar-refractivity contribution is 0.596. The highest BCUT2D eigenvalue weighted by Gasteiger charge is 2.01. The fourth-order valence-electron chi connectivity index (χ4n) is 2.67. The summed E-state index contributed by atoms with van der Waals surface area (Å²) in [7, 11) is 0. The van der Waals surface area contributed by atoms with Crippen molar-refractivity contribution in [3.63, 3.8) is 0 Å². The highest BCUT2D eigenvalue weighted by Crippen LogP contribution is 2.14. The molecule has 0 aliphatic carbocycles. The number of unbranched alkanes of at least 4 members (excludes halogenated alkanes) is 6. The van der Waals surface area contributed by atoms with E-state index in [9.17, 15) is 0 Å². The van der Waals surface area contributed by atoms with E-state index < -0.39 is 0 Å². The van der Waals surface area contributed by atoms with Gasteiger partial charge in [0, 0.05) is 12.1 Å². The molecule has 0 amide bonds. The zero-order chi connectivity index (χ0) is 18.3. The van der Waals surface area contributed by atoms with E-state index >= 15 is 0 Å². The van der Waals surface area contributed by atoms with Crippen LogP contribution in [0.1, 0.15) is 51.9 Å². The minimum absolute atomic E-state index is 0.597. The summed E-state index contributed by atoms with van der Waals surface area (Å²) in [6.07, 6.45) is 10.8. The Hall–Kier alpha value is -2.49. The molecule has 4 heteroatoms. The number of aromatic nitrogens is 3. The summed E-state index contributed by atoms with van der Waals surface area (Å²) in [6.45, 7) is 3.14. The van der Waals surface area contributed by atoms with Gasteiger partial charge < -0.3 is 5.32 Å². The number of anilines is 1. The molecule has 0 bridgehead atoms. The molecule has 0 aliphatic heterocycles. The number of nitrogens with zero attached hydrogens (tertiary/aromatic N) is 3. The average Bonchev–Trinajstić information content (AvgIpc) is 2.68. The van der Waals surface area contributed by atoms with Gasteiger partial charge in [-0.2, -0.15) is 5.10 Å².